The number of aromatic amines is 1. The van der Waals surface area contributed by atoms with Crippen molar-refractivity contribution < 1.29 is 4.74 Å². The molecule has 0 atom stereocenters. The molecule has 2 aromatic heterocycles. The van der Waals surface area contributed by atoms with E-state index in [9.17, 15) is 0 Å². The van der Waals surface area contributed by atoms with Gasteiger partial charge in [-0.1, -0.05) is 65.9 Å². The van der Waals surface area contributed by atoms with Gasteiger partial charge in [-0.3, -0.25) is 4.98 Å². The quantitative estimate of drug-likeness (QED) is 0.393. The molecule has 0 saturated carbocycles. The van der Waals surface area contributed by atoms with Crippen molar-refractivity contribution in [3.05, 3.63) is 113 Å². The number of nitrogens with one attached hydrogen (secondary N) is 1. The first kappa shape index (κ1) is 19.9. The normalized spacial score (nSPS) is 11.0. The highest BCUT2D eigenvalue weighted by atomic mass is 16.5. The number of benzene rings is 3. The van der Waals surface area contributed by atoms with Crippen LogP contribution in [0, 0.1) is 0 Å². The maximum atomic E-state index is 6.04. The molecule has 158 valence electrons. The van der Waals surface area contributed by atoms with E-state index in [2.05, 4.69) is 69.2 Å². The van der Waals surface area contributed by atoms with Gasteiger partial charge in [0.15, 0.2) is 5.82 Å². The van der Waals surface area contributed by atoms with Crippen molar-refractivity contribution >= 4 is 10.9 Å². The lowest BCUT2D eigenvalue weighted by Gasteiger charge is -2.11. The molecule has 0 fully saturated rings. The van der Waals surface area contributed by atoms with Crippen molar-refractivity contribution in [2.24, 2.45) is 0 Å². The lowest BCUT2D eigenvalue weighted by Crippen LogP contribution is -2.02. The van der Waals surface area contributed by atoms with E-state index in [0.717, 1.165) is 40.9 Å². The van der Waals surface area contributed by atoms with Crippen molar-refractivity contribution in [3.8, 4) is 5.75 Å². The molecule has 0 aliphatic rings. The smallest absolute Gasteiger partial charge is 0.178 e. The molecule has 0 aliphatic carbocycles. The van der Waals surface area contributed by atoms with E-state index < -0.39 is 0 Å². The number of pyridine rings is 1. The summed E-state index contributed by atoms with van der Waals surface area (Å²) in [5, 5.41) is 15.4. The standard InChI is InChI=1S/C26H23N5O/c1-2-7-22(21(6-1)17-26-28-30-31-29-26)18-32-24-15-10-19(11-16-24)9-13-23-14-12-20-5-3-4-8-25(20)27-23/h1-8,10-12,14-16H,9,13,17-18H2,(H,28,29,30,31). The third-order valence-electron chi connectivity index (χ3n) is 5.50. The largest absolute Gasteiger partial charge is 0.489 e. The van der Waals surface area contributed by atoms with Gasteiger partial charge in [0.1, 0.15) is 12.4 Å². The van der Waals surface area contributed by atoms with E-state index in [4.69, 9.17) is 9.72 Å². The molecule has 5 rings (SSSR count). The fraction of sp³-hybridized carbons (Fsp3) is 0.154. The summed E-state index contributed by atoms with van der Waals surface area (Å²) >= 11 is 0. The van der Waals surface area contributed by atoms with E-state index in [0.29, 0.717) is 18.9 Å². The van der Waals surface area contributed by atoms with Crippen LogP contribution in [0.5, 0.6) is 5.75 Å². The highest BCUT2D eigenvalue weighted by molar-refractivity contribution is 5.78. The zero-order valence-corrected chi connectivity index (χ0v) is 17.6. The molecule has 0 spiro atoms. The molecule has 0 saturated heterocycles. The van der Waals surface area contributed by atoms with Gasteiger partial charge in [0, 0.05) is 17.5 Å². The summed E-state index contributed by atoms with van der Waals surface area (Å²) in [4.78, 5) is 4.77. The van der Waals surface area contributed by atoms with E-state index in [-0.39, 0.29) is 0 Å². The zero-order valence-electron chi connectivity index (χ0n) is 17.6. The summed E-state index contributed by atoms with van der Waals surface area (Å²) in [5.41, 5.74) is 5.68. The van der Waals surface area contributed by atoms with Gasteiger partial charge in [0.2, 0.25) is 0 Å². The van der Waals surface area contributed by atoms with E-state index >= 15 is 0 Å². The summed E-state index contributed by atoms with van der Waals surface area (Å²) in [6.45, 7) is 0.494. The number of para-hydroxylation sites is 1. The molecule has 0 bridgehead atoms. The average molecular weight is 422 g/mol. The average Bonchev–Trinajstić information content (AvgIpc) is 3.36. The molecule has 1 N–H and O–H groups in total. The minimum absolute atomic E-state index is 0.494. The highest BCUT2D eigenvalue weighted by Crippen LogP contribution is 2.19. The second kappa shape index (κ2) is 9.39. The first-order chi connectivity index (χ1) is 15.8. The number of aryl methyl sites for hydroxylation is 2. The van der Waals surface area contributed by atoms with E-state index in [1.54, 1.807) is 0 Å². The number of nitrogens with zero attached hydrogens (tertiary/aromatic N) is 4. The molecule has 5 aromatic rings. The summed E-state index contributed by atoms with van der Waals surface area (Å²) < 4.78 is 6.04. The molecule has 6 heteroatoms. The summed E-state index contributed by atoms with van der Waals surface area (Å²) in [6, 6.07) is 29.0. The Morgan fingerprint density at radius 1 is 0.750 bits per heavy atom. The molecule has 0 unspecified atom stereocenters. The van der Waals surface area contributed by atoms with Gasteiger partial charge in [0.05, 0.1) is 5.52 Å². The number of tetrazole rings is 1. The summed E-state index contributed by atoms with van der Waals surface area (Å²) in [7, 11) is 0. The van der Waals surface area contributed by atoms with Gasteiger partial charge in [-0.15, -0.1) is 10.2 Å². The van der Waals surface area contributed by atoms with Crippen LogP contribution in [-0.2, 0) is 25.9 Å². The van der Waals surface area contributed by atoms with Crippen molar-refractivity contribution in [2.45, 2.75) is 25.9 Å². The van der Waals surface area contributed by atoms with Crippen LogP contribution in [-0.4, -0.2) is 25.6 Å². The minimum Gasteiger partial charge on any atom is -0.489 e. The van der Waals surface area contributed by atoms with Crippen LogP contribution in [0.2, 0.25) is 0 Å². The maximum absolute atomic E-state index is 6.04. The Kier molecular flexibility index (Phi) is 5.83. The van der Waals surface area contributed by atoms with E-state index in [1.165, 1.54) is 10.9 Å². The number of H-pyrrole nitrogens is 1. The van der Waals surface area contributed by atoms with Crippen molar-refractivity contribution in [1.82, 2.24) is 25.6 Å². The Balaban J connectivity index is 1.18. The topological polar surface area (TPSA) is 76.6 Å². The van der Waals surface area contributed by atoms with Crippen LogP contribution in [0.4, 0.5) is 0 Å². The van der Waals surface area contributed by atoms with Crippen LogP contribution in [0.3, 0.4) is 0 Å². The Labute approximate surface area is 186 Å². The molecule has 2 heterocycles. The number of aromatic nitrogens is 5. The first-order valence-corrected chi connectivity index (χ1v) is 10.7. The van der Waals surface area contributed by atoms with Gasteiger partial charge >= 0.3 is 0 Å². The van der Waals surface area contributed by atoms with Crippen LogP contribution < -0.4 is 4.74 Å². The van der Waals surface area contributed by atoms with Crippen molar-refractivity contribution in [3.63, 3.8) is 0 Å². The minimum atomic E-state index is 0.494. The zero-order chi connectivity index (χ0) is 21.6. The fourth-order valence-corrected chi connectivity index (χ4v) is 3.73. The first-order valence-electron chi connectivity index (χ1n) is 10.7. The van der Waals surface area contributed by atoms with E-state index in [1.807, 2.05) is 36.4 Å². The molecule has 0 amide bonds. The van der Waals surface area contributed by atoms with Crippen LogP contribution in [0.25, 0.3) is 10.9 Å². The Morgan fingerprint density at radius 3 is 2.41 bits per heavy atom. The second-order valence-electron chi connectivity index (χ2n) is 7.70. The highest BCUT2D eigenvalue weighted by Gasteiger charge is 2.07. The SMILES string of the molecule is c1ccc(Cc2nn[nH]n2)c(COc2ccc(CCc3ccc4ccccc4n3)cc2)c1. The predicted octanol–water partition coefficient (Wildman–Crippen LogP) is 4.70. The van der Waals surface area contributed by atoms with Gasteiger partial charge in [-0.2, -0.15) is 5.21 Å². The monoisotopic (exact) mass is 421 g/mol. The molecule has 0 aliphatic heterocycles. The van der Waals surface area contributed by atoms with Crippen LogP contribution in [0.15, 0.2) is 84.9 Å². The third-order valence-corrected chi connectivity index (χ3v) is 5.50. The molecule has 0 radical (unpaired) electrons. The van der Waals surface area contributed by atoms with Gasteiger partial charge in [-0.05, 0) is 53.8 Å². The molecular formula is C26H23N5O. The summed E-state index contributed by atoms with van der Waals surface area (Å²) in [5.74, 6) is 1.52. The molecule has 6 nitrogen and oxygen atoms in total. The van der Waals surface area contributed by atoms with Gasteiger partial charge < -0.3 is 4.74 Å². The maximum Gasteiger partial charge on any atom is 0.178 e. The Bertz CT molecular complexity index is 1300. The van der Waals surface area contributed by atoms with Crippen LogP contribution >= 0.6 is 0 Å². The molecule has 32 heavy (non-hydrogen) atoms. The van der Waals surface area contributed by atoms with Crippen LogP contribution in [0.1, 0.15) is 28.2 Å². The fourth-order valence-electron chi connectivity index (χ4n) is 3.73. The van der Waals surface area contributed by atoms with Gasteiger partial charge in [0.25, 0.3) is 0 Å². The molecule has 3 aromatic carbocycles. The number of rotatable bonds is 8. The number of fused-ring (bicyclic) bond motifs is 1. The lowest BCUT2D eigenvalue weighted by molar-refractivity contribution is 0.305. The van der Waals surface area contributed by atoms with Crippen molar-refractivity contribution in [1.29, 1.82) is 0 Å². The second-order valence-corrected chi connectivity index (χ2v) is 7.70. The third kappa shape index (κ3) is 4.81. The predicted molar refractivity (Wildman–Crippen MR) is 123 cm³/mol. The summed E-state index contributed by atoms with van der Waals surface area (Å²) in [6.07, 6.45) is 2.48. The lowest BCUT2D eigenvalue weighted by atomic mass is 10.0. The Hall–Kier alpha value is -4.06. The van der Waals surface area contributed by atoms with Gasteiger partial charge in [-0.25, -0.2) is 0 Å². The molecular weight excluding hydrogens is 398 g/mol. The van der Waals surface area contributed by atoms with Crippen molar-refractivity contribution in [2.75, 3.05) is 0 Å². The number of ether oxygens (including phenoxy) is 1. The number of hydrogen-bond acceptors (Lipinski definition) is 5. The Morgan fingerprint density at radius 2 is 1.56 bits per heavy atom. The number of hydrogen-bond donors (Lipinski definition) is 1.